The summed E-state index contributed by atoms with van der Waals surface area (Å²) in [6, 6.07) is 1.76. The van der Waals surface area contributed by atoms with Crippen molar-refractivity contribution in [2.24, 2.45) is 5.92 Å². The molecular weight excluding hydrogens is 292 g/mol. The number of ether oxygens (including phenoxy) is 1. The highest BCUT2D eigenvalue weighted by atomic mass is 35.5. The third-order valence-electron chi connectivity index (χ3n) is 3.16. The number of alkyl carbamates (subject to hydrolysis) is 1. The van der Waals surface area contributed by atoms with Crippen molar-refractivity contribution in [1.82, 2.24) is 15.3 Å². The molecular formula is C14H21ClN4O2. The summed E-state index contributed by atoms with van der Waals surface area (Å²) in [6.07, 6.45) is 2.09. The molecule has 1 N–H and O–H groups in total. The van der Waals surface area contributed by atoms with E-state index in [2.05, 4.69) is 20.2 Å². The molecule has 1 atom stereocenters. The second-order valence-electron chi connectivity index (χ2n) is 6.18. The molecule has 6 nitrogen and oxygen atoms in total. The first-order chi connectivity index (χ1) is 9.83. The number of rotatable bonds is 3. The molecule has 0 aromatic carbocycles. The molecule has 0 saturated carbocycles. The Morgan fingerprint density at radius 1 is 1.52 bits per heavy atom. The van der Waals surface area contributed by atoms with Gasteiger partial charge in [-0.3, -0.25) is 0 Å². The Bertz CT molecular complexity index is 504. The monoisotopic (exact) mass is 312 g/mol. The molecule has 1 saturated heterocycles. The standard InChI is InChI=1S/C14H21ClN4O2/c1-14(2,3)21-13(20)16-7-10-4-5-19(8-10)12-6-11(15)17-9-18-12/h6,9-10H,4-5,7-8H2,1-3H3,(H,16,20). The number of aromatic nitrogens is 2. The first-order valence-corrected chi connectivity index (χ1v) is 7.40. The van der Waals surface area contributed by atoms with E-state index in [1.807, 2.05) is 20.8 Å². The lowest BCUT2D eigenvalue weighted by atomic mass is 10.1. The second kappa shape index (κ2) is 6.47. The number of hydrogen-bond acceptors (Lipinski definition) is 5. The van der Waals surface area contributed by atoms with Crippen LogP contribution in [0.5, 0.6) is 0 Å². The fraction of sp³-hybridized carbons (Fsp3) is 0.643. The number of hydrogen-bond donors (Lipinski definition) is 1. The summed E-state index contributed by atoms with van der Waals surface area (Å²) in [5.74, 6) is 1.21. The van der Waals surface area contributed by atoms with E-state index >= 15 is 0 Å². The van der Waals surface area contributed by atoms with Crippen LogP contribution in [0.4, 0.5) is 10.6 Å². The zero-order valence-electron chi connectivity index (χ0n) is 12.6. The smallest absolute Gasteiger partial charge is 0.407 e. The van der Waals surface area contributed by atoms with Crippen LogP contribution < -0.4 is 10.2 Å². The molecule has 0 aliphatic carbocycles. The lowest BCUT2D eigenvalue weighted by Crippen LogP contribution is -2.36. The lowest BCUT2D eigenvalue weighted by Gasteiger charge is -2.21. The minimum atomic E-state index is -0.469. The van der Waals surface area contributed by atoms with Gasteiger partial charge in [-0.2, -0.15) is 0 Å². The van der Waals surface area contributed by atoms with Crippen LogP contribution in [0.25, 0.3) is 0 Å². The second-order valence-corrected chi connectivity index (χ2v) is 6.57. The van der Waals surface area contributed by atoms with E-state index in [4.69, 9.17) is 16.3 Å². The van der Waals surface area contributed by atoms with Crippen LogP contribution in [0, 0.1) is 5.92 Å². The Balaban J connectivity index is 1.79. The molecule has 1 aliphatic rings. The van der Waals surface area contributed by atoms with Crippen molar-refractivity contribution in [2.45, 2.75) is 32.8 Å². The van der Waals surface area contributed by atoms with E-state index in [0.717, 1.165) is 25.3 Å². The fourth-order valence-corrected chi connectivity index (χ4v) is 2.39. The highest BCUT2D eigenvalue weighted by Crippen LogP contribution is 2.22. The van der Waals surface area contributed by atoms with Gasteiger partial charge in [-0.05, 0) is 33.1 Å². The van der Waals surface area contributed by atoms with Crippen LogP contribution in [0.2, 0.25) is 5.15 Å². The van der Waals surface area contributed by atoms with E-state index in [-0.39, 0.29) is 6.09 Å². The number of carbonyl (C=O) groups excluding carboxylic acids is 1. The fourth-order valence-electron chi connectivity index (χ4n) is 2.25. The van der Waals surface area contributed by atoms with Crippen LogP contribution in [-0.2, 0) is 4.74 Å². The molecule has 1 unspecified atom stereocenters. The zero-order valence-corrected chi connectivity index (χ0v) is 13.4. The predicted octanol–water partition coefficient (Wildman–Crippen LogP) is 2.48. The Labute approximate surface area is 129 Å². The van der Waals surface area contributed by atoms with Crippen LogP contribution in [-0.4, -0.2) is 41.3 Å². The highest BCUT2D eigenvalue weighted by molar-refractivity contribution is 6.29. The van der Waals surface area contributed by atoms with Crippen molar-refractivity contribution in [3.63, 3.8) is 0 Å². The van der Waals surface area contributed by atoms with Crippen molar-refractivity contribution in [3.8, 4) is 0 Å². The van der Waals surface area contributed by atoms with Crippen molar-refractivity contribution in [3.05, 3.63) is 17.5 Å². The van der Waals surface area contributed by atoms with Crippen molar-refractivity contribution in [1.29, 1.82) is 0 Å². The SMILES string of the molecule is CC(C)(C)OC(=O)NCC1CCN(c2cc(Cl)ncn2)C1. The summed E-state index contributed by atoms with van der Waals surface area (Å²) >= 11 is 5.87. The van der Waals surface area contributed by atoms with E-state index < -0.39 is 5.60 Å². The largest absolute Gasteiger partial charge is 0.444 e. The van der Waals surface area contributed by atoms with Crippen molar-refractivity contribution < 1.29 is 9.53 Å². The maximum absolute atomic E-state index is 11.6. The van der Waals surface area contributed by atoms with Gasteiger partial charge in [0.2, 0.25) is 0 Å². The molecule has 2 heterocycles. The highest BCUT2D eigenvalue weighted by Gasteiger charge is 2.25. The summed E-state index contributed by atoms with van der Waals surface area (Å²) in [5.41, 5.74) is -0.469. The normalized spacial score (nSPS) is 18.7. The van der Waals surface area contributed by atoms with E-state index in [1.165, 1.54) is 6.33 Å². The van der Waals surface area contributed by atoms with Crippen LogP contribution in [0.15, 0.2) is 12.4 Å². The van der Waals surface area contributed by atoms with Gasteiger partial charge in [0, 0.05) is 25.7 Å². The minimum Gasteiger partial charge on any atom is -0.444 e. The van der Waals surface area contributed by atoms with Gasteiger partial charge >= 0.3 is 6.09 Å². The first kappa shape index (κ1) is 15.8. The van der Waals surface area contributed by atoms with Gasteiger partial charge in [-0.15, -0.1) is 0 Å². The molecule has 1 amide bonds. The maximum atomic E-state index is 11.6. The van der Waals surface area contributed by atoms with Crippen LogP contribution in [0.3, 0.4) is 0 Å². The zero-order chi connectivity index (χ0) is 15.5. The van der Waals surface area contributed by atoms with Gasteiger partial charge in [-0.1, -0.05) is 11.6 Å². The van der Waals surface area contributed by atoms with Gasteiger partial charge in [0.25, 0.3) is 0 Å². The van der Waals surface area contributed by atoms with Crippen molar-refractivity contribution in [2.75, 3.05) is 24.5 Å². The number of nitrogens with zero attached hydrogens (tertiary/aromatic N) is 3. The summed E-state index contributed by atoms with van der Waals surface area (Å²) in [6.45, 7) is 7.88. The first-order valence-electron chi connectivity index (χ1n) is 7.03. The third-order valence-corrected chi connectivity index (χ3v) is 3.37. The Morgan fingerprint density at radius 2 is 2.29 bits per heavy atom. The van der Waals surface area contributed by atoms with Crippen LogP contribution >= 0.6 is 11.6 Å². The molecule has 7 heteroatoms. The van der Waals surface area contributed by atoms with Gasteiger partial charge < -0.3 is 15.0 Å². The number of halogens is 1. The summed E-state index contributed by atoms with van der Waals surface area (Å²) in [5, 5.41) is 3.26. The van der Waals surface area contributed by atoms with E-state index in [0.29, 0.717) is 17.6 Å². The molecule has 0 radical (unpaired) electrons. The van der Waals surface area contributed by atoms with Gasteiger partial charge in [0.05, 0.1) is 0 Å². The Hall–Kier alpha value is -1.56. The van der Waals surface area contributed by atoms with E-state index in [9.17, 15) is 4.79 Å². The lowest BCUT2D eigenvalue weighted by molar-refractivity contribution is 0.0520. The molecule has 1 fully saturated rings. The molecule has 2 rings (SSSR count). The number of amides is 1. The number of carbonyl (C=O) groups is 1. The summed E-state index contributed by atoms with van der Waals surface area (Å²) in [7, 11) is 0. The number of anilines is 1. The summed E-state index contributed by atoms with van der Waals surface area (Å²) < 4.78 is 5.22. The molecule has 116 valence electrons. The van der Waals surface area contributed by atoms with Crippen LogP contribution in [0.1, 0.15) is 27.2 Å². The average molecular weight is 313 g/mol. The Morgan fingerprint density at radius 3 is 2.95 bits per heavy atom. The maximum Gasteiger partial charge on any atom is 0.407 e. The molecule has 1 aliphatic heterocycles. The molecule has 1 aromatic rings. The molecule has 21 heavy (non-hydrogen) atoms. The van der Waals surface area contributed by atoms with Crippen molar-refractivity contribution >= 4 is 23.5 Å². The minimum absolute atomic E-state index is 0.369. The molecule has 1 aromatic heterocycles. The van der Waals surface area contributed by atoms with E-state index in [1.54, 1.807) is 6.07 Å². The van der Waals surface area contributed by atoms with Gasteiger partial charge in [0.1, 0.15) is 22.9 Å². The molecule has 0 bridgehead atoms. The third kappa shape index (κ3) is 5.04. The molecule has 0 spiro atoms. The topological polar surface area (TPSA) is 67.3 Å². The Kier molecular flexibility index (Phi) is 4.88. The predicted molar refractivity (Wildman–Crippen MR) is 81.6 cm³/mol. The van der Waals surface area contributed by atoms with Gasteiger partial charge in [-0.25, -0.2) is 14.8 Å². The summed E-state index contributed by atoms with van der Waals surface area (Å²) in [4.78, 5) is 21.9. The quantitative estimate of drug-likeness (QED) is 0.869. The average Bonchev–Trinajstić information content (AvgIpc) is 2.83. The van der Waals surface area contributed by atoms with Gasteiger partial charge in [0.15, 0.2) is 0 Å². The number of nitrogens with one attached hydrogen (secondary N) is 1.